The Morgan fingerprint density at radius 3 is 2.52 bits per heavy atom. The maximum Gasteiger partial charge on any atom is 0.420 e. The Morgan fingerprint density at radius 2 is 1.97 bits per heavy atom. The molecule has 0 spiro atoms. The normalized spacial score (nSPS) is 26.8. The van der Waals surface area contributed by atoms with Crippen LogP contribution in [0.3, 0.4) is 0 Å². The highest BCUT2D eigenvalue weighted by Crippen LogP contribution is 2.64. The Kier molecular flexibility index (Phi) is 4.71. The predicted octanol–water partition coefficient (Wildman–Crippen LogP) is 3.36. The van der Waals surface area contributed by atoms with Crippen molar-refractivity contribution in [1.29, 1.82) is 0 Å². The van der Waals surface area contributed by atoms with E-state index in [1.807, 2.05) is 0 Å². The fraction of sp³-hybridized carbons (Fsp3) is 0.550. The lowest BCUT2D eigenvalue weighted by Crippen LogP contribution is -2.42. The third-order valence-electron chi connectivity index (χ3n) is 6.70. The molecule has 0 unspecified atom stereocenters. The van der Waals surface area contributed by atoms with E-state index in [0.717, 1.165) is 16.9 Å². The summed E-state index contributed by atoms with van der Waals surface area (Å²) in [4.78, 5) is 16.7. The number of carbonyl (C=O) groups excluding carboxylic acids is 1. The minimum absolute atomic E-state index is 0.00992. The van der Waals surface area contributed by atoms with Crippen molar-refractivity contribution in [3.05, 3.63) is 35.3 Å². The summed E-state index contributed by atoms with van der Waals surface area (Å²) in [7, 11) is -4.18. The second kappa shape index (κ2) is 6.98. The molecule has 33 heavy (non-hydrogen) atoms. The highest BCUT2D eigenvalue weighted by Gasteiger charge is 2.62. The van der Waals surface area contributed by atoms with Crippen molar-refractivity contribution >= 4 is 21.6 Å². The monoisotopic (exact) mass is 487 g/mol. The fourth-order valence-electron chi connectivity index (χ4n) is 5.22. The summed E-state index contributed by atoms with van der Waals surface area (Å²) in [6, 6.07) is 2.20. The summed E-state index contributed by atoms with van der Waals surface area (Å²) in [6.45, 7) is 0.00992. The first kappa shape index (κ1) is 22.3. The SMILES string of the molecule is NS(=O)(=O)c1cc(NC(=O)c2c(C(F)(F)F)c(C3CC3)nn2CC23CCC(F)(C2)C3)ccn1. The van der Waals surface area contributed by atoms with E-state index in [0.29, 0.717) is 25.7 Å². The summed E-state index contributed by atoms with van der Waals surface area (Å²) in [5, 5.41) is 11.0. The number of nitrogens with zero attached hydrogens (tertiary/aromatic N) is 3. The van der Waals surface area contributed by atoms with Crippen LogP contribution >= 0.6 is 0 Å². The van der Waals surface area contributed by atoms with Crippen LogP contribution in [0.5, 0.6) is 0 Å². The lowest BCUT2D eigenvalue weighted by Gasteiger charge is -2.42. The standard InChI is InChI=1S/C20H21F4N5O3S/c21-19-5-4-18(8-19,9-19)10-29-16(14(20(22,23)24)15(28-29)11-1-2-11)17(30)27-12-3-6-26-13(7-12)33(25,31)32/h3,6-7,11H,1-2,4-5,8-10H2,(H2,25,31,32)(H,26,27,30). The van der Waals surface area contributed by atoms with E-state index < -0.39 is 49.5 Å². The Bertz CT molecular complexity index is 1250. The van der Waals surface area contributed by atoms with Gasteiger partial charge in [0.2, 0.25) is 0 Å². The highest BCUT2D eigenvalue weighted by atomic mass is 32.2. The summed E-state index contributed by atoms with van der Waals surface area (Å²) in [6.07, 6.45) is -1.32. The van der Waals surface area contributed by atoms with Crippen molar-refractivity contribution in [1.82, 2.24) is 14.8 Å². The molecular weight excluding hydrogens is 466 g/mol. The molecule has 1 amide bonds. The molecule has 0 radical (unpaired) electrons. The van der Waals surface area contributed by atoms with Gasteiger partial charge >= 0.3 is 6.18 Å². The average molecular weight is 487 g/mol. The van der Waals surface area contributed by atoms with Crippen LogP contribution in [0, 0.1) is 5.41 Å². The predicted molar refractivity (Wildman–Crippen MR) is 108 cm³/mol. The van der Waals surface area contributed by atoms with Crippen LogP contribution in [0.25, 0.3) is 0 Å². The molecule has 2 aromatic rings. The molecular formula is C20H21F4N5O3S. The molecule has 13 heteroatoms. The number of nitrogens with two attached hydrogens (primary N) is 1. The Labute approximate surface area is 186 Å². The van der Waals surface area contributed by atoms with Crippen molar-refractivity contribution in [2.45, 2.75) is 67.9 Å². The number of aromatic nitrogens is 3. The zero-order chi connectivity index (χ0) is 23.8. The summed E-state index contributed by atoms with van der Waals surface area (Å²) >= 11 is 0. The van der Waals surface area contributed by atoms with Gasteiger partial charge in [0.25, 0.3) is 15.9 Å². The van der Waals surface area contributed by atoms with E-state index in [-0.39, 0.29) is 36.7 Å². The molecule has 2 bridgehead atoms. The van der Waals surface area contributed by atoms with Crippen molar-refractivity contribution in [3.63, 3.8) is 0 Å². The zero-order valence-electron chi connectivity index (χ0n) is 17.3. The first-order chi connectivity index (χ1) is 15.3. The molecule has 4 aliphatic rings. The lowest BCUT2D eigenvalue weighted by molar-refractivity contribution is -0.138. The third-order valence-corrected chi connectivity index (χ3v) is 7.50. The van der Waals surface area contributed by atoms with Crippen LogP contribution in [0.15, 0.2) is 23.4 Å². The van der Waals surface area contributed by atoms with Crippen molar-refractivity contribution < 1.29 is 30.8 Å². The molecule has 2 aromatic heterocycles. The molecule has 178 valence electrons. The molecule has 0 saturated heterocycles. The Morgan fingerprint density at radius 1 is 1.27 bits per heavy atom. The van der Waals surface area contributed by atoms with Gasteiger partial charge in [0.1, 0.15) is 16.9 Å². The van der Waals surface area contributed by atoms with E-state index in [2.05, 4.69) is 15.4 Å². The van der Waals surface area contributed by atoms with E-state index in [4.69, 9.17) is 5.14 Å². The van der Waals surface area contributed by atoms with Gasteiger partial charge in [-0.3, -0.25) is 9.48 Å². The van der Waals surface area contributed by atoms with Gasteiger partial charge in [0, 0.05) is 30.4 Å². The maximum atomic E-state index is 14.4. The maximum absolute atomic E-state index is 14.4. The number of hydrogen-bond donors (Lipinski definition) is 2. The van der Waals surface area contributed by atoms with E-state index in [1.165, 1.54) is 6.07 Å². The summed E-state index contributed by atoms with van der Waals surface area (Å²) < 4.78 is 80.8. The Balaban J connectivity index is 1.54. The Hall–Kier alpha value is -2.54. The molecule has 3 N–H and O–H groups in total. The van der Waals surface area contributed by atoms with Gasteiger partial charge in [-0.1, -0.05) is 0 Å². The highest BCUT2D eigenvalue weighted by molar-refractivity contribution is 7.89. The molecule has 6 rings (SSSR count). The number of pyridine rings is 1. The molecule has 8 nitrogen and oxygen atoms in total. The van der Waals surface area contributed by atoms with E-state index in [1.54, 1.807) is 0 Å². The number of nitrogens with one attached hydrogen (secondary N) is 1. The summed E-state index contributed by atoms with van der Waals surface area (Å²) in [5.74, 6) is -1.47. The number of amides is 1. The number of sulfonamides is 1. The van der Waals surface area contributed by atoms with Gasteiger partial charge in [0.05, 0.1) is 5.69 Å². The number of carbonyl (C=O) groups is 1. The minimum Gasteiger partial charge on any atom is -0.320 e. The van der Waals surface area contributed by atoms with Crippen LogP contribution in [0.1, 0.15) is 66.2 Å². The largest absolute Gasteiger partial charge is 0.420 e. The number of fused-ring (bicyclic) bond motifs is 1. The number of primary sulfonamides is 1. The smallest absolute Gasteiger partial charge is 0.320 e. The second-order valence-corrected chi connectivity index (χ2v) is 10.9. The van der Waals surface area contributed by atoms with Crippen molar-refractivity contribution in [2.24, 2.45) is 10.6 Å². The van der Waals surface area contributed by atoms with Crippen LogP contribution in [-0.4, -0.2) is 34.8 Å². The molecule has 0 atom stereocenters. The number of halogens is 4. The minimum atomic E-state index is -4.83. The molecule has 4 aliphatic carbocycles. The van der Waals surface area contributed by atoms with Gasteiger partial charge in [-0.15, -0.1) is 0 Å². The lowest BCUT2D eigenvalue weighted by atomic mass is 9.68. The first-order valence-corrected chi connectivity index (χ1v) is 12.0. The first-order valence-electron chi connectivity index (χ1n) is 10.5. The van der Waals surface area contributed by atoms with Gasteiger partial charge in [0.15, 0.2) is 5.03 Å². The average Bonchev–Trinajstić information content (AvgIpc) is 3.27. The van der Waals surface area contributed by atoms with Crippen LogP contribution in [0.4, 0.5) is 23.2 Å². The van der Waals surface area contributed by atoms with Gasteiger partial charge < -0.3 is 5.32 Å². The number of hydrogen-bond acceptors (Lipinski definition) is 5. The zero-order valence-corrected chi connectivity index (χ0v) is 18.1. The molecule has 4 saturated carbocycles. The number of rotatable bonds is 6. The number of alkyl halides is 4. The molecule has 2 heterocycles. The van der Waals surface area contributed by atoms with Crippen LogP contribution in [0.2, 0.25) is 0 Å². The molecule has 0 aromatic carbocycles. The topological polar surface area (TPSA) is 120 Å². The van der Waals surface area contributed by atoms with Crippen LogP contribution in [-0.2, 0) is 22.7 Å². The summed E-state index contributed by atoms with van der Waals surface area (Å²) in [5.41, 5.74) is -3.80. The van der Waals surface area contributed by atoms with E-state index >= 15 is 0 Å². The van der Waals surface area contributed by atoms with Crippen molar-refractivity contribution in [2.75, 3.05) is 5.32 Å². The van der Waals surface area contributed by atoms with Crippen LogP contribution < -0.4 is 10.5 Å². The number of anilines is 1. The van der Waals surface area contributed by atoms with Gasteiger partial charge in [-0.25, -0.2) is 22.9 Å². The van der Waals surface area contributed by atoms with E-state index in [9.17, 15) is 30.8 Å². The quantitative estimate of drug-likeness (QED) is 0.606. The fourth-order valence-corrected chi connectivity index (χ4v) is 5.72. The molecule has 4 fully saturated rings. The molecule has 0 aliphatic heterocycles. The van der Waals surface area contributed by atoms with Gasteiger partial charge in [-0.05, 0) is 50.0 Å². The second-order valence-electron chi connectivity index (χ2n) is 9.42. The van der Waals surface area contributed by atoms with Gasteiger partial charge in [-0.2, -0.15) is 18.3 Å². The van der Waals surface area contributed by atoms with Crippen molar-refractivity contribution in [3.8, 4) is 0 Å². The third kappa shape index (κ3) is 4.01.